The molecule has 0 radical (unpaired) electrons. The third kappa shape index (κ3) is 6.62. The van der Waals surface area contributed by atoms with Crippen molar-refractivity contribution in [3.05, 3.63) is 60.2 Å². The van der Waals surface area contributed by atoms with Gasteiger partial charge < -0.3 is 29.7 Å². The van der Waals surface area contributed by atoms with Gasteiger partial charge in [-0.2, -0.15) is 0 Å². The summed E-state index contributed by atoms with van der Waals surface area (Å²) in [4.78, 5) is 27.6. The summed E-state index contributed by atoms with van der Waals surface area (Å²) in [6, 6.07) is 16.4. The number of benzene rings is 3. The van der Waals surface area contributed by atoms with E-state index in [-0.39, 0.29) is 12.5 Å². The molecule has 0 aliphatic heterocycles. The zero-order chi connectivity index (χ0) is 24.5. The van der Waals surface area contributed by atoms with Gasteiger partial charge in [0.15, 0.2) is 6.61 Å². The summed E-state index contributed by atoms with van der Waals surface area (Å²) in [5.74, 6) is 0.792. The van der Waals surface area contributed by atoms with Crippen molar-refractivity contribution in [2.45, 2.75) is 6.42 Å². The van der Waals surface area contributed by atoms with Crippen molar-refractivity contribution in [1.29, 1.82) is 0 Å². The Morgan fingerprint density at radius 2 is 1.65 bits per heavy atom. The highest BCUT2D eigenvalue weighted by Gasteiger charge is 2.16. The number of nitrogens with one attached hydrogen (secondary N) is 2. The maximum Gasteiger partial charge on any atom is 0.262 e. The summed E-state index contributed by atoms with van der Waals surface area (Å²) < 4.78 is 16.3. The number of amides is 2. The number of ether oxygens (including phenoxy) is 3. The first kappa shape index (κ1) is 24.9. The largest absolute Gasteiger partial charge is 0.497 e. The van der Waals surface area contributed by atoms with Crippen LogP contribution in [0.2, 0.25) is 0 Å². The van der Waals surface area contributed by atoms with Crippen LogP contribution in [0.15, 0.2) is 54.6 Å². The molecule has 8 heteroatoms. The van der Waals surface area contributed by atoms with E-state index in [1.165, 1.54) is 7.11 Å². The highest BCUT2D eigenvalue weighted by molar-refractivity contribution is 6.02. The van der Waals surface area contributed by atoms with E-state index in [1.54, 1.807) is 37.4 Å². The van der Waals surface area contributed by atoms with Crippen LogP contribution in [-0.4, -0.2) is 64.7 Å². The first-order valence-electron chi connectivity index (χ1n) is 11.0. The maximum absolute atomic E-state index is 12.9. The molecule has 3 rings (SSSR count). The Kier molecular flexibility index (Phi) is 8.70. The predicted molar refractivity (Wildman–Crippen MR) is 133 cm³/mol. The van der Waals surface area contributed by atoms with Crippen LogP contribution < -0.4 is 24.8 Å². The number of methoxy groups -OCH3 is 2. The van der Waals surface area contributed by atoms with Crippen molar-refractivity contribution < 1.29 is 23.8 Å². The average Bonchev–Trinajstić information content (AvgIpc) is 2.84. The lowest BCUT2D eigenvalue weighted by Crippen LogP contribution is -2.28. The van der Waals surface area contributed by atoms with Gasteiger partial charge in [-0.15, -0.1) is 0 Å². The Labute approximate surface area is 199 Å². The molecule has 0 bridgehead atoms. The summed E-state index contributed by atoms with van der Waals surface area (Å²) in [5.41, 5.74) is 0.850. The third-order valence-corrected chi connectivity index (χ3v) is 5.20. The molecule has 3 aromatic carbocycles. The number of rotatable bonds is 11. The molecule has 2 N–H and O–H groups in total. The lowest BCUT2D eigenvalue weighted by molar-refractivity contribution is -0.118. The van der Waals surface area contributed by atoms with Gasteiger partial charge in [-0.25, -0.2) is 0 Å². The smallest absolute Gasteiger partial charge is 0.262 e. The molecule has 0 aromatic heterocycles. The molecular formula is C26H31N3O5. The lowest BCUT2D eigenvalue weighted by atomic mass is 10.1. The van der Waals surface area contributed by atoms with Crippen molar-refractivity contribution in [2.24, 2.45) is 0 Å². The maximum atomic E-state index is 12.9. The van der Waals surface area contributed by atoms with Crippen LogP contribution in [0.5, 0.6) is 17.2 Å². The zero-order valence-electron chi connectivity index (χ0n) is 20.0. The van der Waals surface area contributed by atoms with Gasteiger partial charge in [0.25, 0.3) is 11.8 Å². The second-order valence-electron chi connectivity index (χ2n) is 8.01. The minimum absolute atomic E-state index is 0.241. The SMILES string of the molecule is COc1ccc(OC)c(NC(=O)COc2cc3ccccc3cc2C(=O)NCCCN(C)C)c1. The summed E-state index contributed by atoms with van der Waals surface area (Å²) in [6.45, 7) is 1.13. The normalized spacial score (nSPS) is 10.7. The second-order valence-corrected chi connectivity index (χ2v) is 8.01. The van der Waals surface area contributed by atoms with Gasteiger partial charge in [-0.05, 0) is 62.1 Å². The fourth-order valence-corrected chi connectivity index (χ4v) is 3.45. The molecule has 0 unspecified atom stereocenters. The molecule has 34 heavy (non-hydrogen) atoms. The molecule has 0 aliphatic carbocycles. The molecule has 2 amide bonds. The monoisotopic (exact) mass is 465 g/mol. The highest BCUT2D eigenvalue weighted by Crippen LogP contribution is 2.29. The Balaban J connectivity index is 1.74. The van der Waals surface area contributed by atoms with Crippen LogP contribution >= 0.6 is 0 Å². The van der Waals surface area contributed by atoms with Gasteiger partial charge in [0, 0.05) is 12.6 Å². The van der Waals surface area contributed by atoms with Crippen molar-refractivity contribution >= 4 is 28.3 Å². The second kappa shape index (κ2) is 11.9. The molecule has 0 heterocycles. The molecule has 0 saturated carbocycles. The van der Waals surface area contributed by atoms with E-state index in [4.69, 9.17) is 14.2 Å². The molecule has 0 atom stereocenters. The van der Waals surface area contributed by atoms with Gasteiger partial charge in [0.2, 0.25) is 0 Å². The van der Waals surface area contributed by atoms with E-state index in [9.17, 15) is 9.59 Å². The third-order valence-electron chi connectivity index (χ3n) is 5.20. The molecule has 180 valence electrons. The summed E-state index contributed by atoms with van der Waals surface area (Å²) in [6.07, 6.45) is 0.827. The van der Waals surface area contributed by atoms with Crippen LogP contribution in [0.25, 0.3) is 10.8 Å². The minimum Gasteiger partial charge on any atom is -0.497 e. The van der Waals surface area contributed by atoms with E-state index in [1.807, 2.05) is 38.4 Å². The number of carbonyl (C=O) groups is 2. The van der Waals surface area contributed by atoms with Crippen molar-refractivity contribution in [1.82, 2.24) is 10.2 Å². The van der Waals surface area contributed by atoms with Gasteiger partial charge in [-0.1, -0.05) is 24.3 Å². The van der Waals surface area contributed by atoms with Gasteiger partial charge in [0.1, 0.15) is 17.2 Å². The van der Waals surface area contributed by atoms with Gasteiger partial charge in [-0.3, -0.25) is 9.59 Å². The van der Waals surface area contributed by atoms with E-state index >= 15 is 0 Å². The first-order chi connectivity index (χ1) is 16.4. The number of hydrogen-bond acceptors (Lipinski definition) is 6. The fourth-order valence-electron chi connectivity index (χ4n) is 3.45. The standard InChI is InChI=1S/C26H31N3O5/c1-29(2)13-7-12-27-26(31)21-14-18-8-5-6-9-19(18)15-24(21)34-17-25(30)28-22-16-20(32-3)10-11-23(22)33-4/h5-6,8-11,14-16H,7,12-13,17H2,1-4H3,(H,27,31)(H,28,30). The van der Waals surface area contributed by atoms with Gasteiger partial charge >= 0.3 is 0 Å². The average molecular weight is 466 g/mol. The first-order valence-corrected chi connectivity index (χ1v) is 11.0. The van der Waals surface area contributed by atoms with Crippen LogP contribution in [0.3, 0.4) is 0 Å². The lowest BCUT2D eigenvalue weighted by Gasteiger charge is -2.15. The van der Waals surface area contributed by atoms with E-state index < -0.39 is 5.91 Å². The molecule has 0 aliphatic rings. The predicted octanol–water partition coefficient (Wildman–Crippen LogP) is 3.56. The molecular weight excluding hydrogens is 434 g/mol. The van der Waals surface area contributed by atoms with E-state index in [2.05, 4.69) is 15.5 Å². The Morgan fingerprint density at radius 1 is 0.912 bits per heavy atom. The highest BCUT2D eigenvalue weighted by atomic mass is 16.5. The number of hydrogen-bond donors (Lipinski definition) is 2. The van der Waals surface area contributed by atoms with E-state index in [0.717, 1.165) is 23.7 Å². The number of carbonyl (C=O) groups excluding carboxylic acids is 2. The number of anilines is 1. The zero-order valence-corrected chi connectivity index (χ0v) is 20.0. The Bertz CT molecular complexity index is 1150. The topological polar surface area (TPSA) is 89.1 Å². The van der Waals surface area contributed by atoms with Crippen LogP contribution in [0.1, 0.15) is 16.8 Å². The van der Waals surface area contributed by atoms with Crippen LogP contribution in [-0.2, 0) is 4.79 Å². The number of nitrogens with zero attached hydrogens (tertiary/aromatic N) is 1. The van der Waals surface area contributed by atoms with Crippen molar-refractivity contribution in [2.75, 3.05) is 53.3 Å². The van der Waals surface area contributed by atoms with Crippen molar-refractivity contribution in [3.63, 3.8) is 0 Å². The fraction of sp³-hybridized carbons (Fsp3) is 0.308. The van der Waals surface area contributed by atoms with Crippen LogP contribution in [0.4, 0.5) is 5.69 Å². The van der Waals surface area contributed by atoms with E-state index in [0.29, 0.717) is 35.0 Å². The summed E-state index contributed by atoms with van der Waals surface area (Å²) in [7, 11) is 7.04. The molecule has 0 spiro atoms. The van der Waals surface area contributed by atoms with Crippen LogP contribution in [0, 0.1) is 0 Å². The summed E-state index contributed by atoms with van der Waals surface area (Å²) in [5, 5.41) is 7.54. The quantitative estimate of drug-likeness (QED) is 0.421. The van der Waals surface area contributed by atoms with Gasteiger partial charge in [0.05, 0.1) is 25.5 Å². The molecule has 0 fully saturated rings. The Morgan fingerprint density at radius 3 is 2.32 bits per heavy atom. The Hall–Kier alpha value is -3.78. The molecule has 0 saturated heterocycles. The molecule has 8 nitrogen and oxygen atoms in total. The van der Waals surface area contributed by atoms with Crippen molar-refractivity contribution in [3.8, 4) is 17.2 Å². The number of fused-ring (bicyclic) bond motifs is 1. The molecule has 3 aromatic rings. The summed E-state index contributed by atoms with van der Waals surface area (Å²) >= 11 is 0. The minimum atomic E-state index is -0.392.